The standard InChI is InChI=1S/C14H21N3O4/c1-20-12-2-5-15-13(16-12)17-6-3-14(4-7-17)8-10(18)11(19)9-21-14/h2,5,10-11,18-19H,3-4,6-9H2,1H3/t10-,11+/m1/s1. The molecule has 1 aromatic heterocycles. The van der Waals surface area contributed by atoms with Gasteiger partial charge in [-0.05, 0) is 12.8 Å². The van der Waals surface area contributed by atoms with E-state index in [2.05, 4.69) is 14.9 Å². The maximum absolute atomic E-state index is 9.86. The zero-order valence-corrected chi connectivity index (χ0v) is 12.1. The summed E-state index contributed by atoms with van der Waals surface area (Å²) in [6.45, 7) is 1.72. The number of nitrogens with zero attached hydrogens (tertiary/aromatic N) is 3. The minimum Gasteiger partial charge on any atom is -0.481 e. The van der Waals surface area contributed by atoms with Gasteiger partial charge in [-0.3, -0.25) is 0 Å². The minimum absolute atomic E-state index is 0.205. The molecule has 2 atom stereocenters. The van der Waals surface area contributed by atoms with Gasteiger partial charge < -0.3 is 24.6 Å². The lowest BCUT2D eigenvalue weighted by Gasteiger charge is -2.46. The molecule has 21 heavy (non-hydrogen) atoms. The summed E-state index contributed by atoms with van der Waals surface area (Å²) in [7, 11) is 1.58. The summed E-state index contributed by atoms with van der Waals surface area (Å²) in [6.07, 6.45) is 2.28. The van der Waals surface area contributed by atoms with Crippen molar-refractivity contribution < 1.29 is 19.7 Å². The first-order valence-corrected chi connectivity index (χ1v) is 7.24. The Morgan fingerprint density at radius 2 is 2.10 bits per heavy atom. The fourth-order valence-corrected chi connectivity index (χ4v) is 3.01. The molecule has 2 fully saturated rings. The highest BCUT2D eigenvalue weighted by Crippen LogP contribution is 2.36. The van der Waals surface area contributed by atoms with E-state index in [1.165, 1.54) is 0 Å². The van der Waals surface area contributed by atoms with E-state index in [0.717, 1.165) is 25.9 Å². The normalized spacial score (nSPS) is 28.6. The number of anilines is 1. The van der Waals surface area contributed by atoms with Gasteiger partial charge in [-0.2, -0.15) is 4.98 Å². The smallest absolute Gasteiger partial charge is 0.228 e. The molecule has 7 heteroatoms. The molecule has 2 aliphatic rings. The van der Waals surface area contributed by atoms with E-state index in [0.29, 0.717) is 18.2 Å². The van der Waals surface area contributed by atoms with Crippen molar-refractivity contribution in [3.63, 3.8) is 0 Å². The van der Waals surface area contributed by atoms with Gasteiger partial charge in [0.25, 0.3) is 0 Å². The molecule has 116 valence electrons. The summed E-state index contributed by atoms with van der Waals surface area (Å²) < 4.78 is 10.9. The molecule has 0 aliphatic carbocycles. The molecular weight excluding hydrogens is 274 g/mol. The largest absolute Gasteiger partial charge is 0.481 e. The number of hydrogen-bond acceptors (Lipinski definition) is 7. The number of rotatable bonds is 2. The highest BCUT2D eigenvalue weighted by Gasteiger charge is 2.43. The van der Waals surface area contributed by atoms with Crippen LogP contribution < -0.4 is 9.64 Å². The van der Waals surface area contributed by atoms with Crippen molar-refractivity contribution in [2.24, 2.45) is 0 Å². The number of aromatic nitrogens is 2. The first kappa shape index (κ1) is 14.5. The van der Waals surface area contributed by atoms with E-state index in [9.17, 15) is 10.2 Å². The third-order valence-corrected chi connectivity index (χ3v) is 4.37. The second-order valence-corrected chi connectivity index (χ2v) is 5.72. The number of methoxy groups -OCH3 is 1. The fourth-order valence-electron chi connectivity index (χ4n) is 3.01. The number of hydrogen-bond donors (Lipinski definition) is 2. The van der Waals surface area contributed by atoms with Crippen LogP contribution in [0.4, 0.5) is 5.95 Å². The Balaban J connectivity index is 1.65. The van der Waals surface area contributed by atoms with Gasteiger partial charge in [0.1, 0.15) is 6.10 Å². The lowest BCUT2D eigenvalue weighted by molar-refractivity contribution is -0.178. The van der Waals surface area contributed by atoms with Crippen LogP contribution >= 0.6 is 0 Å². The van der Waals surface area contributed by atoms with Gasteiger partial charge in [-0.1, -0.05) is 0 Å². The Labute approximate surface area is 123 Å². The summed E-state index contributed by atoms with van der Waals surface area (Å²) in [6, 6.07) is 1.72. The van der Waals surface area contributed by atoms with Crippen molar-refractivity contribution >= 4 is 5.95 Å². The highest BCUT2D eigenvalue weighted by molar-refractivity contribution is 5.33. The van der Waals surface area contributed by atoms with Crippen molar-refractivity contribution in [1.82, 2.24) is 9.97 Å². The van der Waals surface area contributed by atoms with Crippen LogP contribution in [0, 0.1) is 0 Å². The number of aliphatic hydroxyl groups excluding tert-OH is 2. The molecular formula is C14H21N3O4. The average Bonchev–Trinajstić information content (AvgIpc) is 2.52. The lowest BCUT2D eigenvalue weighted by Crippen LogP contribution is -2.54. The van der Waals surface area contributed by atoms with Crippen molar-refractivity contribution in [2.75, 3.05) is 31.7 Å². The first-order chi connectivity index (χ1) is 10.1. The fraction of sp³-hybridized carbons (Fsp3) is 0.714. The quantitative estimate of drug-likeness (QED) is 0.792. The maximum atomic E-state index is 9.86. The van der Waals surface area contributed by atoms with Crippen molar-refractivity contribution in [1.29, 1.82) is 0 Å². The zero-order valence-electron chi connectivity index (χ0n) is 12.1. The third kappa shape index (κ3) is 2.95. The van der Waals surface area contributed by atoms with E-state index in [4.69, 9.17) is 9.47 Å². The Morgan fingerprint density at radius 3 is 2.76 bits per heavy atom. The summed E-state index contributed by atoms with van der Waals surface area (Å²) >= 11 is 0. The monoisotopic (exact) mass is 295 g/mol. The molecule has 0 amide bonds. The van der Waals surface area contributed by atoms with E-state index in [-0.39, 0.29) is 12.2 Å². The van der Waals surface area contributed by atoms with E-state index in [1.54, 1.807) is 19.4 Å². The molecule has 1 spiro atoms. The molecule has 3 heterocycles. The van der Waals surface area contributed by atoms with Crippen molar-refractivity contribution in [3.8, 4) is 5.88 Å². The molecule has 2 N–H and O–H groups in total. The number of piperidine rings is 1. The minimum atomic E-state index is -0.768. The van der Waals surface area contributed by atoms with Crippen LogP contribution in [0.3, 0.4) is 0 Å². The van der Waals surface area contributed by atoms with E-state index in [1.807, 2.05) is 0 Å². The average molecular weight is 295 g/mol. The molecule has 0 aromatic carbocycles. The summed E-state index contributed by atoms with van der Waals surface area (Å²) in [4.78, 5) is 10.7. The SMILES string of the molecule is COc1ccnc(N2CCC3(CC2)C[C@@H](O)[C@@H](O)CO3)n1. The second-order valence-electron chi connectivity index (χ2n) is 5.72. The van der Waals surface area contributed by atoms with E-state index >= 15 is 0 Å². The van der Waals surface area contributed by atoms with Crippen LogP contribution in [0.5, 0.6) is 5.88 Å². The Bertz CT molecular complexity index is 491. The zero-order chi connectivity index (χ0) is 14.9. The van der Waals surface area contributed by atoms with Crippen LogP contribution in [0.1, 0.15) is 19.3 Å². The van der Waals surface area contributed by atoms with Gasteiger partial charge in [-0.25, -0.2) is 4.98 Å². The van der Waals surface area contributed by atoms with Gasteiger partial charge >= 0.3 is 0 Å². The van der Waals surface area contributed by atoms with Crippen molar-refractivity contribution in [3.05, 3.63) is 12.3 Å². The molecule has 0 saturated carbocycles. The van der Waals surface area contributed by atoms with E-state index < -0.39 is 12.2 Å². The van der Waals surface area contributed by atoms with Gasteiger partial charge in [-0.15, -0.1) is 0 Å². The lowest BCUT2D eigenvalue weighted by atomic mass is 9.82. The summed E-state index contributed by atoms with van der Waals surface area (Å²) in [5.41, 5.74) is -0.325. The van der Waals surface area contributed by atoms with Crippen molar-refractivity contribution in [2.45, 2.75) is 37.1 Å². The summed E-state index contributed by atoms with van der Waals surface area (Å²) in [5.74, 6) is 1.20. The van der Waals surface area contributed by atoms with Crippen LogP contribution in [-0.4, -0.2) is 64.8 Å². The molecule has 0 bridgehead atoms. The maximum Gasteiger partial charge on any atom is 0.228 e. The highest BCUT2D eigenvalue weighted by atomic mass is 16.5. The van der Waals surface area contributed by atoms with Crippen LogP contribution in [0.2, 0.25) is 0 Å². The molecule has 2 aliphatic heterocycles. The topological polar surface area (TPSA) is 87.9 Å². The molecule has 1 aromatic rings. The van der Waals surface area contributed by atoms with Gasteiger partial charge in [0.2, 0.25) is 11.8 Å². The molecule has 3 rings (SSSR count). The summed E-state index contributed by atoms with van der Waals surface area (Å²) in [5, 5.41) is 19.4. The van der Waals surface area contributed by atoms with Crippen LogP contribution in [0.15, 0.2) is 12.3 Å². The molecule has 2 saturated heterocycles. The first-order valence-electron chi connectivity index (χ1n) is 7.24. The van der Waals surface area contributed by atoms with Gasteiger partial charge in [0.15, 0.2) is 0 Å². The Hall–Kier alpha value is -1.44. The van der Waals surface area contributed by atoms with Gasteiger partial charge in [0, 0.05) is 31.8 Å². The number of aliphatic hydroxyl groups is 2. The Kier molecular flexibility index (Phi) is 3.97. The molecule has 7 nitrogen and oxygen atoms in total. The molecule has 0 radical (unpaired) electrons. The second kappa shape index (κ2) is 5.75. The van der Waals surface area contributed by atoms with Gasteiger partial charge in [0.05, 0.1) is 25.4 Å². The number of ether oxygens (including phenoxy) is 2. The predicted octanol–water partition coefficient (Wildman–Crippen LogP) is -0.0337. The third-order valence-electron chi connectivity index (χ3n) is 4.37. The van der Waals surface area contributed by atoms with Crippen LogP contribution in [0.25, 0.3) is 0 Å². The van der Waals surface area contributed by atoms with Crippen LogP contribution in [-0.2, 0) is 4.74 Å². The molecule has 0 unspecified atom stereocenters. The predicted molar refractivity (Wildman–Crippen MR) is 75.3 cm³/mol. The Morgan fingerprint density at radius 1 is 1.33 bits per heavy atom.